The van der Waals surface area contributed by atoms with E-state index in [4.69, 9.17) is 9.57 Å². The molecule has 9 nitrogen and oxygen atoms in total. The molecule has 0 spiro atoms. The van der Waals surface area contributed by atoms with Gasteiger partial charge in [0.25, 0.3) is 5.56 Å². The van der Waals surface area contributed by atoms with Crippen molar-refractivity contribution < 1.29 is 19.5 Å². The molecule has 1 unspecified atom stereocenters. The summed E-state index contributed by atoms with van der Waals surface area (Å²) in [6.07, 6.45) is 13.2. The van der Waals surface area contributed by atoms with E-state index in [9.17, 15) is 14.7 Å². The number of ether oxygens (including phenoxy) is 1. The van der Waals surface area contributed by atoms with Crippen molar-refractivity contribution in [2.75, 3.05) is 20.3 Å². The summed E-state index contributed by atoms with van der Waals surface area (Å²) in [4.78, 5) is 38.6. The van der Waals surface area contributed by atoms with Gasteiger partial charge in [-0.1, -0.05) is 56.3 Å². The molecule has 3 fully saturated rings. The van der Waals surface area contributed by atoms with E-state index in [0.29, 0.717) is 23.6 Å². The summed E-state index contributed by atoms with van der Waals surface area (Å²) >= 11 is 0. The van der Waals surface area contributed by atoms with Crippen molar-refractivity contribution in [3.8, 4) is 0 Å². The normalized spacial score (nSPS) is 27.9. The Labute approximate surface area is 230 Å². The topological polar surface area (TPSA) is 106 Å². The van der Waals surface area contributed by atoms with Gasteiger partial charge in [-0.25, -0.2) is 9.78 Å². The quantitative estimate of drug-likeness (QED) is 0.264. The number of hydrogen-bond donors (Lipinski definition) is 1. The van der Waals surface area contributed by atoms with Gasteiger partial charge in [-0.3, -0.25) is 9.69 Å². The number of piperidine rings is 2. The van der Waals surface area contributed by atoms with Crippen molar-refractivity contribution in [1.29, 1.82) is 0 Å². The summed E-state index contributed by atoms with van der Waals surface area (Å²) in [7, 11) is 1.52. The molecular formula is C30H42N4O5. The van der Waals surface area contributed by atoms with Gasteiger partial charge in [-0.15, -0.1) is 0 Å². The van der Waals surface area contributed by atoms with Crippen molar-refractivity contribution in [2.24, 2.45) is 11.1 Å². The zero-order chi connectivity index (χ0) is 27.4. The first-order chi connectivity index (χ1) is 19.0. The fraction of sp³-hybridized carbons (Fsp3) is 0.667. The summed E-state index contributed by atoms with van der Waals surface area (Å²) in [5, 5.41) is 13.7. The first kappa shape index (κ1) is 27.8. The van der Waals surface area contributed by atoms with Crippen LogP contribution in [0.1, 0.15) is 89.3 Å². The first-order valence-electron chi connectivity index (χ1n) is 14.7. The molecule has 3 aliphatic rings. The molecule has 1 N–H and O–H groups in total. The van der Waals surface area contributed by atoms with E-state index in [2.05, 4.69) is 22.0 Å². The van der Waals surface area contributed by atoms with Crippen LogP contribution in [0.4, 0.5) is 0 Å². The number of benzene rings is 1. The Morgan fingerprint density at radius 2 is 1.72 bits per heavy atom. The molecule has 2 aromatic rings. The third-order valence-electron chi connectivity index (χ3n) is 9.00. The van der Waals surface area contributed by atoms with Crippen LogP contribution in [0.5, 0.6) is 0 Å². The van der Waals surface area contributed by atoms with Crippen molar-refractivity contribution in [3.05, 3.63) is 40.3 Å². The molecule has 212 valence electrons. The van der Waals surface area contributed by atoms with E-state index in [-0.39, 0.29) is 24.9 Å². The highest BCUT2D eigenvalue weighted by Crippen LogP contribution is 2.44. The maximum absolute atomic E-state index is 14.0. The number of aromatic nitrogens is 2. The molecular weight excluding hydrogens is 496 g/mol. The second-order valence-electron chi connectivity index (χ2n) is 11.5. The Morgan fingerprint density at radius 3 is 2.41 bits per heavy atom. The maximum atomic E-state index is 14.0. The Kier molecular flexibility index (Phi) is 8.97. The van der Waals surface area contributed by atoms with Crippen LogP contribution in [0.25, 0.3) is 11.0 Å². The van der Waals surface area contributed by atoms with Gasteiger partial charge in [0.15, 0.2) is 5.69 Å². The van der Waals surface area contributed by atoms with Gasteiger partial charge in [0.05, 0.1) is 17.6 Å². The number of para-hydroxylation sites is 2. The molecule has 5 atom stereocenters. The van der Waals surface area contributed by atoms with Crippen LogP contribution in [-0.2, 0) is 14.4 Å². The third kappa shape index (κ3) is 5.89. The van der Waals surface area contributed by atoms with Gasteiger partial charge in [0, 0.05) is 31.3 Å². The van der Waals surface area contributed by atoms with Crippen LogP contribution in [-0.4, -0.2) is 69.7 Å². The molecule has 1 saturated carbocycles. The standard InChI is InChI=1S/C30H42N4O5/c1-3-8-20-9-6-10-21(17-20)33-22-11-7-12-23(33)19-24(18-22)34-26-14-5-4-13-25(26)31-27(29(34)35)28(30(36)37)32-39-16-15-38-2/h4-5,13-14,20-24H,3,6-12,15-19H2,1-2H3,(H,36,37)/b32-28-/t20-,21-,22-,23+,24?/m1/s1. The van der Waals surface area contributed by atoms with Crippen LogP contribution in [0.2, 0.25) is 0 Å². The molecule has 5 rings (SSSR count). The predicted molar refractivity (Wildman–Crippen MR) is 150 cm³/mol. The van der Waals surface area contributed by atoms with E-state index < -0.39 is 17.2 Å². The summed E-state index contributed by atoms with van der Waals surface area (Å²) in [5.74, 6) is -0.508. The first-order valence-corrected chi connectivity index (χ1v) is 14.7. The minimum Gasteiger partial charge on any atom is -0.476 e. The molecule has 1 aromatic carbocycles. The zero-order valence-corrected chi connectivity index (χ0v) is 23.3. The average Bonchev–Trinajstić information content (AvgIpc) is 2.92. The molecule has 3 heterocycles. The Balaban J connectivity index is 1.49. The van der Waals surface area contributed by atoms with Gasteiger partial charge < -0.3 is 19.2 Å². The number of methoxy groups -OCH3 is 1. The summed E-state index contributed by atoms with van der Waals surface area (Å²) < 4.78 is 6.76. The predicted octanol–water partition coefficient (Wildman–Crippen LogP) is 4.77. The Morgan fingerprint density at radius 1 is 1.03 bits per heavy atom. The fourth-order valence-electron chi connectivity index (χ4n) is 7.49. The zero-order valence-electron chi connectivity index (χ0n) is 23.3. The van der Waals surface area contributed by atoms with E-state index in [1.807, 2.05) is 28.8 Å². The maximum Gasteiger partial charge on any atom is 0.360 e. The van der Waals surface area contributed by atoms with Crippen LogP contribution < -0.4 is 5.56 Å². The van der Waals surface area contributed by atoms with Gasteiger partial charge in [0.1, 0.15) is 6.61 Å². The monoisotopic (exact) mass is 538 g/mol. The largest absolute Gasteiger partial charge is 0.476 e. The minimum atomic E-state index is -1.34. The van der Waals surface area contributed by atoms with E-state index in [1.165, 1.54) is 52.1 Å². The summed E-state index contributed by atoms with van der Waals surface area (Å²) in [6.45, 7) is 2.63. The molecule has 1 aliphatic carbocycles. The Bertz CT molecular complexity index is 1230. The highest BCUT2D eigenvalue weighted by molar-refractivity contribution is 6.41. The van der Waals surface area contributed by atoms with E-state index in [0.717, 1.165) is 37.1 Å². The summed E-state index contributed by atoms with van der Waals surface area (Å²) in [5.41, 5.74) is 0.259. The number of oxime groups is 1. The van der Waals surface area contributed by atoms with Crippen molar-refractivity contribution in [1.82, 2.24) is 14.5 Å². The lowest BCUT2D eigenvalue weighted by molar-refractivity contribution is -0.129. The van der Waals surface area contributed by atoms with E-state index >= 15 is 0 Å². The second-order valence-corrected chi connectivity index (χ2v) is 11.5. The van der Waals surface area contributed by atoms with Crippen LogP contribution >= 0.6 is 0 Å². The number of carbonyl (C=O) groups is 1. The number of rotatable bonds is 10. The number of carboxylic acids is 1. The molecule has 2 saturated heterocycles. The smallest absolute Gasteiger partial charge is 0.360 e. The number of nitrogens with zero attached hydrogens (tertiary/aromatic N) is 4. The number of aliphatic carboxylic acids is 1. The SMILES string of the molecule is CCC[C@@H]1CCC[C@@H](N2[C@@H]3CCC[C@H]2CC(n2c(=O)c(/C(=N/OCCOC)C(=O)O)nc4ccccc42)C3)C1. The van der Waals surface area contributed by atoms with Crippen molar-refractivity contribution in [3.63, 3.8) is 0 Å². The van der Waals surface area contributed by atoms with Gasteiger partial charge in [-0.05, 0) is 56.6 Å². The molecule has 9 heteroatoms. The molecule has 1 aromatic heterocycles. The lowest BCUT2D eigenvalue weighted by Gasteiger charge is -2.54. The van der Waals surface area contributed by atoms with E-state index in [1.54, 1.807) is 0 Å². The average molecular weight is 539 g/mol. The second kappa shape index (κ2) is 12.6. The fourth-order valence-corrected chi connectivity index (χ4v) is 7.49. The van der Waals surface area contributed by atoms with Crippen LogP contribution in [0.3, 0.4) is 0 Å². The number of carboxylic acid groups (broad SMARTS) is 1. The summed E-state index contributed by atoms with van der Waals surface area (Å²) in [6, 6.07) is 9.02. The van der Waals surface area contributed by atoms with Crippen LogP contribution in [0.15, 0.2) is 34.2 Å². The van der Waals surface area contributed by atoms with Crippen molar-refractivity contribution in [2.45, 2.75) is 102 Å². The lowest BCUT2D eigenvalue weighted by atomic mass is 9.76. The molecule has 0 radical (unpaired) electrons. The van der Waals surface area contributed by atoms with Crippen LogP contribution in [0, 0.1) is 5.92 Å². The Hall–Kier alpha value is -2.78. The van der Waals surface area contributed by atoms with Gasteiger partial charge >= 0.3 is 5.97 Å². The molecule has 0 amide bonds. The molecule has 2 bridgehead atoms. The minimum absolute atomic E-state index is 0.0183. The molecule has 2 aliphatic heterocycles. The molecule has 39 heavy (non-hydrogen) atoms. The third-order valence-corrected chi connectivity index (χ3v) is 9.00. The highest BCUT2D eigenvalue weighted by atomic mass is 16.6. The number of fused-ring (bicyclic) bond motifs is 3. The lowest BCUT2D eigenvalue weighted by Crippen LogP contribution is -2.58. The number of hydrogen-bond acceptors (Lipinski definition) is 7. The van der Waals surface area contributed by atoms with Crippen molar-refractivity contribution >= 4 is 22.7 Å². The van der Waals surface area contributed by atoms with Gasteiger partial charge in [-0.2, -0.15) is 0 Å². The highest BCUT2D eigenvalue weighted by Gasteiger charge is 2.43. The van der Waals surface area contributed by atoms with Gasteiger partial charge in [0.2, 0.25) is 5.71 Å².